The Morgan fingerprint density at radius 2 is 2.21 bits per heavy atom. The number of thioether (sulfide) groups is 2. The second kappa shape index (κ2) is 6.97. The van der Waals surface area contributed by atoms with Crippen molar-refractivity contribution < 1.29 is 4.79 Å². The molecule has 1 aliphatic heterocycles. The largest absolute Gasteiger partial charge is 0.404 e. The Morgan fingerprint density at radius 1 is 1.57 bits per heavy atom. The van der Waals surface area contributed by atoms with Crippen molar-refractivity contribution in [3.8, 4) is 0 Å². The van der Waals surface area contributed by atoms with Gasteiger partial charge in [0.2, 0.25) is 0 Å². The van der Waals surface area contributed by atoms with Crippen molar-refractivity contribution in [2.24, 2.45) is 5.73 Å². The Labute approximate surface area is 106 Å². The van der Waals surface area contributed by atoms with Gasteiger partial charge in [-0.25, -0.2) is 0 Å². The number of nitrogens with zero attached hydrogens (tertiary/aromatic N) is 1. The number of nitrogens with two attached hydrogens (primary N) is 1. The number of carbonyl (C=O) groups excluding carboxylic acids is 1. The van der Waals surface area contributed by atoms with E-state index in [9.17, 15) is 4.79 Å². The van der Waals surface area contributed by atoms with Crippen LogP contribution in [0.15, 0.2) is 11.1 Å². The summed E-state index contributed by atoms with van der Waals surface area (Å²) in [6.07, 6.45) is 2.19. The number of aldehydes is 1. The van der Waals surface area contributed by atoms with Crippen LogP contribution in [0.2, 0.25) is 0 Å². The molecule has 3 nitrogen and oxygen atoms in total. The highest BCUT2D eigenvalue weighted by Crippen LogP contribution is 2.29. The van der Waals surface area contributed by atoms with Crippen LogP contribution in [0.5, 0.6) is 0 Å². The van der Waals surface area contributed by atoms with E-state index in [1.165, 1.54) is 29.5 Å². The highest BCUT2D eigenvalue weighted by atomic mass is 127. The van der Waals surface area contributed by atoms with Crippen LogP contribution >= 0.6 is 46.1 Å². The van der Waals surface area contributed by atoms with Gasteiger partial charge in [-0.3, -0.25) is 9.69 Å². The first-order valence-electron chi connectivity index (χ1n) is 4.27. The number of alkyl halides is 1. The van der Waals surface area contributed by atoms with Crippen LogP contribution in [0.3, 0.4) is 0 Å². The normalized spacial score (nSPS) is 21.9. The van der Waals surface area contributed by atoms with E-state index in [1.54, 1.807) is 0 Å². The number of allylic oxidation sites excluding steroid dienone is 1. The molecule has 1 unspecified atom stereocenters. The van der Waals surface area contributed by atoms with Crippen LogP contribution in [0.4, 0.5) is 0 Å². The van der Waals surface area contributed by atoms with Crippen LogP contribution in [0.1, 0.15) is 0 Å². The molecular formula is C8H13IN2OS2. The third-order valence-electron chi connectivity index (χ3n) is 1.85. The Hall–Kier alpha value is 0.600. The molecule has 0 amide bonds. The molecule has 1 fully saturated rings. The molecule has 2 N–H and O–H groups in total. The summed E-state index contributed by atoms with van der Waals surface area (Å²) in [7, 11) is 0. The average Bonchev–Trinajstić information content (AvgIpc) is 2.26. The molecule has 0 aliphatic carbocycles. The Morgan fingerprint density at radius 3 is 2.71 bits per heavy atom. The zero-order valence-electron chi connectivity index (χ0n) is 7.69. The van der Waals surface area contributed by atoms with E-state index in [0.717, 1.165) is 19.4 Å². The zero-order valence-corrected chi connectivity index (χ0v) is 11.5. The molecular weight excluding hydrogens is 331 g/mol. The first-order valence-corrected chi connectivity index (χ1v) is 7.55. The summed E-state index contributed by atoms with van der Waals surface area (Å²) < 4.78 is 0.313. The minimum absolute atomic E-state index is 0.313. The summed E-state index contributed by atoms with van der Waals surface area (Å²) >= 11 is 5.85. The summed E-state index contributed by atoms with van der Waals surface area (Å²) in [5, 5.41) is 0. The van der Waals surface area contributed by atoms with E-state index in [0.29, 0.717) is 8.29 Å². The molecule has 0 bridgehead atoms. The highest BCUT2D eigenvalue weighted by molar-refractivity contribution is 14.1. The van der Waals surface area contributed by atoms with E-state index >= 15 is 0 Å². The standard InChI is InChI=1S/C8H13IN2OS2/c9-8(14-7(5-10)6-12)11-1-3-13-4-2-11/h5-6,8H,1-4,10H2/b7-5-. The van der Waals surface area contributed by atoms with Crippen molar-refractivity contribution in [3.63, 3.8) is 0 Å². The van der Waals surface area contributed by atoms with E-state index in [1.807, 2.05) is 11.8 Å². The molecule has 1 heterocycles. The topological polar surface area (TPSA) is 46.3 Å². The van der Waals surface area contributed by atoms with Crippen LogP contribution in [0.25, 0.3) is 0 Å². The molecule has 80 valence electrons. The summed E-state index contributed by atoms with van der Waals surface area (Å²) in [5.74, 6) is 2.37. The van der Waals surface area contributed by atoms with Crippen molar-refractivity contribution in [1.82, 2.24) is 4.90 Å². The number of rotatable bonds is 4. The fourth-order valence-electron chi connectivity index (χ4n) is 1.07. The van der Waals surface area contributed by atoms with Crippen molar-refractivity contribution in [1.29, 1.82) is 0 Å². The molecule has 14 heavy (non-hydrogen) atoms. The summed E-state index contributed by atoms with van der Waals surface area (Å²) in [6.45, 7) is 2.20. The Kier molecular flexibility index (Phi) is 6.31. The van der Waals surface area contributed by atoms with Crippen LogP contribution in [-0.4, -0.2) is 39.2 Å². The fourth-order valence-corrected chi connectivity index (χ4v) is 4.16. The summed E-state index contributed by atoms with van der Waals surface area (Å²) in [6, 6.07) is 0. The molecule has 1 atom stereocenters. The minimum Gasteiger partial charge on any atom is -0.404 e. The van der Waals surface area contributed by atoms with Gasteiger partial charge in [0.25, 0.3) is 0 Å². The van der Waals surface area contributed by atoms with E-state index < -0.39 is 0 Å². The lowest BCUT2D eigenvalue weighted by molar-refractivity contribution is -0.104. The monoisotopic (exact) mass is 344 g/mol. The molecule has 0 radical (unpaired) electrons. The van der Waals surface area contributed by atoms with Crippen LogP contribution in [-0.2, 0) is 4.79 Å². The van der Waals surface area contributed by atoms with Gasteiger partial charge < -0.3 is 5.73 Å². The van der Waals surface area contributed by atoms with Gasteiger partial charge in [-0.2, -0.15) is 11.8 Å². The fraction of sp³-hybridized carbons (Fsp3) is 0.625. The molecule has 0 spiro atoms. The van der Waals surface area contributed by atoms with Gasteiger partial charge in [0.1, 0.15) is 3.38 Å². The quantitative estimate of drug-likeness (QED) is 0.275. The van der Waals surface area contributed by atoms with Crippen LogP contribution < -0.4 is 5.73 Å². The van der Waals surface area contributed by atoms with Gasteiger partial charge in [-0.05, 0) is 0 Å². The Bertz CT molecular complexity index is 219. The predicted octanol–water partition coefficient (Wildman–Crippen LogP) is 1.49. The Balaban J connectivity index is 2.39. The van der Waals surface area contributed by atoms with Gasteiger partial charge in [-0.1, -0.05) is 34.4 Å². The third-order valence-corrected chi connectivity index (χ3v) is 5.34. The molecule has 6 heteroatoms. The van der Waals surface area contributed by atoms with Gasteiger partial charge >= 0.3 is 0 Å². The number of hydrogen-bond donors (Lipinski definition) is 1. The lowest BCUT2D eigenvalue weighted by Crippen LogP contribution is -2.36. The molecule has 0 saturated carbocycles. The summed E-state index contributed by atoms with van der Waals surface area (Å²) in [4.78, 5) is 13.5. The second-order valence-corrected chi connectivity index (χ2v) is 7.15. The molecule has 0 aromatic rings. The molecule has 1 saturated heterocycles. The van der Waals surface area contributed by atoms with Gasteiger partial charge in [-0.15, -0.1) is 0 Å². The van der Waals surface area contributed by atoms with Gasteiger partial charge in [0.05, 0.1) is 4.91 Å². The lowest BCUT2D eigenvalue weighted by Gasteiger charge is -2.30. The number of hydrogen-bond acceptors (Lipinski definition) is 5. The smallest absolute Gasteiger partial charge is 0.157 e. The highest BCUT2D eigenvalue weighted by Gasteiger charge is 2.19. The van der Waals surface area contributed by atoms with Gasteiger partial charge in [0.15, 0.2) is 6.29 Å². The zero-order chi connectivity index (χ0) is 10.4. The molecule has 1 aliphatic rings. The molecule has 0 aromatic heterocycles. The average molecular weight is 344 g/mol. The minimum atomic E-state index is 0.313. The van der Waals surface area contributed by atoms with Crippen molar-refractivity contribution in [3.05, 3.63) is 11.1 Å². The lowest BCUT2D eigenvalue weighted by atomic mass is 10.6. The van der Waals surface area contributed by atoms with E-state index in [4.69, 9.17) is 5.73 Å². The van der Waals surface area contributed by atoms with Crippen LogP contribution in [0, 0.1) is 0 Å². The predicted molar refractivity (Wildman–Crippen MR) is 72.6 cm³/mol. The first kappa shape index (κ1) is 12.7. The number of carbonyl (C=O) groups is 1. The van der Waals surface area contributed by atoms with Crippen molar-refractivity contribution >= 4 is 52.4 Å². The van der Waals surface area contributed by atoms with Gasteiger partial charge in [0, 0.05) is 30.8 Å². The SMILES string of the molecule is N/C=C(/C=O)SC(I)N1CCSCC1. The maximum Gasteiger partial charge on any atom is 0.157 e. The number of halogens is 1. The van der Waals surface area contributed by atoms with Crippen molar-refractivity contribution in [2.75, 3.05) is 24.6 Å². The maximum atomic E-state index is 10.6. The van der Waals surface area contributed by atoms with E-state index in [2.05, 4.69) is 27.5 Å². The molecule has 0 aromatic carbocycles. The second-order valence-electron chi connectivity index (χ2n) is 2.75. The third kappa shape index (κ3) is 4.00. The molecule has 1 rings (SSSR count). The summed E-state index contributed by atoms with van der Waals surface area (Å²) in [5.41, 5.74) is 5.32. The first-order chi connectivity index (χ1) is 6.77. The van der Waals surface area contributed by atoms with E-state index in [-0.39, 0.29) is 0 Å². The van der Waals surface area contributed by atoms with Crippen molar-refractivity contribution in [2.45, 2.75) is 3.38 Å². The maximum absolute atomic E-state index is 10.6.